The molecule has 0 saturated carbocycles. The van der Waals surface area contributed by atoms with Crippen LogP contribution < -0.4 is 5.32 Å². The van der Waals surface area contributed by atoms with E-state index in [0.717, 1.165) is 5.56 Å². The van der Waals surface area contributed by atoms with Gasteiger partial charge in [0.25, 0.3) is 0 Å². The SMILES string of the molecule is Cn1nnnc1-c1cccc(NC(=O)C2CCN(S(C)(=O)=O)CC2)c1. The van der Waals surface area contributed by atoms with Crippen molar-refractivity contribution >= 4 is 21.6 Å². The summed E-state index contributed by atoms with van der Waals surface area (Å²) in [5, 5.41) is 14.3. The molecule has 1 aromatic heterocycles. The van der Waals surface area contributed by atoms with Gasteiger partial charge in [0.15, 0.2) is 5.82 Å². The Morgan fingerprint density at radius 1 is 1.28 bits per heavy atom. The van der Waals surface area contributed by atoms with Gasteiger partial charge in [0.05, 0.1) is 6.26 Å². The third-order valence-electron chi connectivity index (χ3n) is 4.30. The van der Waals surface area contributed by atoms with E-state index in [1.807, 2.05) is 18.2 Å². The number of piperidine rings is 1. The van der Waals surface area contributed by atoms with Gasteiger partial charge in [0.2, 0.25) is 15.9 Å². The summed E-state index contributed by atoms with van der Waals surface area (Å²) >= 11 is 0. The van der Waals surface area contributed by atoms with E-state index in [0.29, 0.717) is 37.4 Å². The first kappa shape index (κ1) is 17.5. The Balaban J connectivity index is 1.65. The summed E-state index contributed by atoms with van der Waals surface area (Å²) in [7, 11) is -1.44. The lowest BCUT2D eigenvalue weighted by molar-refractivity contribution is -0.120. The first-order chi connectivity index (χ1) is 11.8. The molecular formula is C15H20N6O3S. The Morgan fingerprint density at radius 3 is 2.60 bits per heavy atom. The molecule has 2 aromatic rings. The van der Waals surface area contributed by atoms with Gasteiger partial charge in [-0.2, -0.15) is 0 Å². The van der Waals surface area contributed by atoms with E-state index in [1.165, 1.54) is 10.6 Å². The smallest absolute Gasteiger partial charge is 0.227 e. The molecule has 1 N–H and O–H groups in total. The number of aryl methyl sites for hydroxylation is 1. The molecule has 9 nitrogen and oxygen atoms in total. The lowest BCUT2D eigenvalue weighted by Crippen LogP contribution is -2.40. The number of amides is 1. The van der Waals surface area contributed by atoms with Crippen LogP contribution in [0, 0.1) is 5.92 Å². The zero-order chi connectivity index (χ0) is 18.0. The van der Waals surface area contributed by atoms with Gasteiger partial charge in [-0.25, -0.2) is 17.4 Å². The minimum atomic E-state index is -3.19. The molecule has 134 valence electrons. The van der Waals surface area contributed by atoms with Crippen molar-refractivity contribution in [3.05, 3.63) is 24.3 Å². The number of nitrogens with one attached hydrogen (secondary N) is 1. The van der Waals surface area contributed by atoms with Crippen molar-refractivity contribution in [1.82, 2.24) is 24.5 Å². The molecule has 1 aromatic carbocycles. The summed E-state index contributed by atoms with van der Waals surface area (Å²) in [6, 6.07) is 7.31. The standard InChI is InChI=1S/C15H20N6O3S/c1-20-14(17-18-19-20)12-4-3-5-13(10-12)16-15(22)11-6-8-21(9-7-11)25(2,23)24/h3-5,10-11H,6-9H2,1-2H3,(H,16,22). The fraction of sp³-hybridized carbons (Fsp3) is 0.467. The van der Waals surface area contributed by atoms with Crippen LogP contribution in [0.1, 0.15) is 12.8 Å². The maximum absolute atomic E-state index is 12.5. The van der Waals surface area contributed by atoms with E-state index >= 15 is 0 Å². The molecule has 1 saturated heterocycles. The fourth-order valence-electron chi connectivity index (χ4n) is 2.90. The zero-order valence-electron chi connectivity index (χ0n) is 14.1. The van der Waals surface area contributed by atoms with Crippen molar-refractivity contribution in [2.45, 2.75) is 12.8 Å². The zero-order valence-corrected chi connectivity index (χ0v) is 14.9. The van der Waals surface area contributed by atoms with E-state index in [1.54, 1.807) is 17.8 Å². The topological polar surface area (TPSA) is 110 Å². The van der Waals surface area contributed by atoms with Crippen LogP contribution in [0.25, 0.3) is 11.4 Å². The van der Waals surface area contributed by atoms with Crippen molar-refractivity contribution < 1.29 is 13.2 Å². The van der Waals surface area contributed by atoms with Crippen LogP contribution in [-0.4, -0.2) is 58.2 Å². The molecule has 0 spiro atoms. The van der Waals surface area contributed by atoms with Crippen molar-refractivity contribution in [2.24, 2.45) is 13.0 Å². The Bertz CT molecular complexity index is 871. The minimum Gasteiger partial charge on any atom is -0.326 e. The van der Waals surface area contributed by atoms with Crippen molar-refractivity contribution in [1.29, 1.82) is 0 Å². The average molecular weight is 364 g/mol. The van der Waals surface area contributed by atoms with Crippen LogP contribution in [-0.2, 0) is 21.9 Å². The van der Waals surface area contributed by atoms with E-state index in [4.69, 9.17) is 0 Å². The highest BCUT2D eigenvalue weighted by Gasteiger charge is 2.28. The number of aromatic nitrogens is 4. The largest absolute Gasteiger partial charge is 0.326 e. The third-order valence-corrected chi connectivity index (χ3v) is 5.61. The molecule has 0 unspecified atom stereocenters. The first-order valence-corrected chi connectivity index (χ1v) is 9.78. The predicted molar refractivity (Wildman–Crippen MR) is 92.0 cm³/mol. The van der Waals surface area contributed by atoms with Gasteiger partial charge >= 0.3 is 0 Å². The average Bonchev–Trinajstić information content (AvgIpc) is 3.00. The van der Waals surface area contributed by atoms with Crippen LogP contribution in [0.5, 0.6) is 0 Å². The van der Waals surface area contributed by atoms with Crippen LogP contribution >= 0.6 is 0 Å². The molecule has 1 aliphatic heterocycles. The molecule has 0 radical (unpaired) electrons. The number of tetrazole rings is 1. The molecular weight excluding hydrogens is 344 g/mol. The van der Waals surface area contributed by atoms with E-state index in [9.17, 15) is 13.2 Å². The third kappa shape index (κ3) is 4.02. The molecule has 3 rings (SSSR count). The Labute approximate surface area is 146 Å². The molecule has 2 heterocycles. The highest BCUT2D eigenvalue weighted by molar-refractivity contribution is 7.88. The van der Waals surface area contributed by atoms with Gasteiger partial charge in [-0.1, -0.05) is 12.1 Å². The number of rotatable bonds is 4. The minimum absolute atomic E-state index is 0.0959. The summed E-state index contributed by atoms with van der Waals surface area (Å²) in [5.74, 6) is 0.317. The summed E-state index contributed by atoms with van der Waals surface area (Å²) in [6.45, 7) is 0.753. The van der Waals surface area contributed by atoms with Gasteiger partial charge in [0.1, 0.15) is 0 Å². The number of benzene rings is 1. The molecule has 25 heavy (non-hydrogen) atoms. The summed E-state index contributed by atoms with van der Waals surface area (Å²) in [5.41, 5.74) is 1.47. The van der Waals surface area contributed by atoms with Crippen LogP contribution in [0.2, 0.25) is 0 Å². The van der Waals surface area contributed by atoms with Crippen molar-refractivity contribution in [3.63, 3.8) is 0 Å². The number of hydrogen-bond acceptors (Lipinski definition) is 6. The van der Waals surface area contributed by atoms with Crippen LogP contribution in [0.4, 0.5) is 5.69 Å². The first-order valence-electron chi connectivity index (χ1n) is 7.93. The summed E-state index contributed by atoms with van der Waals surface area (Å²) < 4.78 is 26.0. The van der Waals surface area contributed by atoms with Gasteiger partial charge < -0.3 is 5.32 Å². The number of hydrogen-bond donors (Lipinski definition) is 1. The number of carbonyl (C=O) groups is 1. The van der Waals surface area contributed by atoms with Gasteiger partial charge in [0, 0.05) is 37.3 Å². The van der Waals surface area contributed by atoms with Gasteiger partial charge in [-0.05, 0) is 35.4 Å². The number of carbonyl (C=O) groups excluding carboxylic acids is 1. The summed E-state index contributed by atoms with van der Waals surface area (Å²) in [6.07, 6.45) is 2.23. The fourth-order valence-corrected chi connectivity index (χ4v) is 3.78. The van der Waals surface area contributed by atoms with E-state index in [-0.39, 0.29) is 11.8 Å². The number of anilines is 1. The summed E-state index contributed by atoms with van der Waals surface area (Å²) in [4.78, 5) is 12.5. The quantitative estimate of drug-likeness (QED) is 0.845. The Kier molecular flexibility index (Phi) is 4.82. The van der Waals surface area contributed by atoms with Gasteiger partial charge in [-0.3, -0.25) is 4.79 Å². The lowest BCUT2D eigenvalue weighted by Gasteiger charge is -2.29. The molecule has 1 fully saturated rings. The van der Waals surface area contributed by atoms with Crippen molar-refractivity contribution in [3.8, 4) is 11.4 Å². The molecule has 0 bridgehead atoms. The van der Waals surface area contributed by atoms with Gasteiger partial charge in [-0.15, -0.1) is 5.10 Å². The molecule has 10 heteroatoms. The van der Waals surface area contributed by atoms with Crippen LogP contribution in [0.3, 0.4) is 0 Å². The Hall–Kier alpha value is -2.33. The molecule has 0 aliphatic carbocycles. The number of sulfonamides is 1. The second-order valence-corrected chi connectivity index (χ2v) is 8.11. The number of nitrogens with zero attached hydrogens (tertiary/aromatic N) is 5. The van der Waals surface area contributed by atoms with E-state index in [2.05, 4.69) is 20.8 Å². The van der Waals surface area contributed by atoms with Crippen molar-refractivity contribution in [2.75, 3.05) is 24.7 Å². The second-order valence-electron chi connectivity index (χ2n) is 6.13. The molecule has 0 atom stereocenters. The maximum atomic E-state index is 12.5. The molecule has 1 amide bonds. The highest BCUT2D eigenvalue weighted by atomic mass is 32.2. The lowest BCUT2D eigenvalue weighted by atomic mass is 9.97. The van der Waals surface area contributed by atoms with E-state index < -0.39 is 10.0 Å². The Morgan fingerprint density at radius 2 is 2.00 bits per heavy atom. The molecule has 1 aliphatic rings. The monoisotopic (exact) mass is 364 g/mol. The second kappa shape index (κ2) is 6.89. The van der Waals surface area contributed by atoms with Crippen LogP contribution in [0.15, 0.2) is 24.3 Å². The predicted octanol–water partition coefficient (Wildman–Crippen LogP) is 0.487. The highest BCUT2D eigenvalue weighted by Crippen LogP contribution is 2.23. The maximum Gasteiger partial charge on any atom is 0.227 e. The normalized spacial score (nSPS) is 16.7.